The van der Waals surface area contributed by atoms with E-state index in [1.807, 2.05) is 73.7 Å². The molecule has 0 atom stereocenters. The quantitative estimate of drug-likeness (QED) is 0.597. The number of fused-ring (bicyclic) bond motifs is 1. The second-order valence-corrected chi connectivity index (χ2v) is 6.15. The fourth-order valence-corrected chi connectivity index (χ4v) is 2.95. The number of carbonyl (C=O) groups excluding carboxylic acids is 1. The van der Waals surface area contributed by atoms with Crippen molar-refractivity contribution >= 4 is 22.7 Å². The van der Waals surface area contributed by atoms with Gasteiger partial charge in [0.05, 0.1) is 6.42 Å². The Bertz CT molecular complexity index is 1080. The number of anilines is 1. The van der Waals surface area contributed by atoms with Crippen LogP contribution in [0.1, 0.15) is 11.1 Å². The summed E-state index contributed by atoms with van der Waals surface area (Å²) in [5.41, 5.74) is 2.88. The molecule has 26 heavy (non-hydrogen) atoms. The van der Waals surface area contributed by atoms with Gasteiger partial charge in [0.15, 0.2) is 0 Å². The molecule has 0 fully saturated rings. The van der Waals surface area contributed by atoms with Gasteiger partial charge < -0.3 is 4.42 Å². The summed E-state index contributed by atoms with van der Waals surface area (Å²) in [6, 6.07) is 21.8. The van der Waals surface area contributed by atoms with Crippen LogP contribution in [0.4, 0.5) is 6.01 Å². The highest BCUT2D eigenvalue weighted by molar-refractivity contribution is 5.95. The van der Waals surface area contributed by atoms with Crippen LogP contribution >= 0.6 is 0 Å². The fraction of sp³-hybridized carbons (Fsp3) is 0.0952. The van der Waals surface area contributed by atoms with Crippen LogP contribution in [0.2, 0.25) is 0 Å². The van der Waals surface area contributed by atoms with Crippen LogP contribution in [0.15, 0.2) is 71.1 Å². The van der Waals surface area contributed by atoms with Gasteiger partial charge in [0.25, 0.3) is 0 Å². The molecule has 0 saturated carbocycles. The van der Waals surface area contributed by atoms with Crippen molar-refractivity contribution in [2.24, 2.45) is 0 Å². The molecule has 0 radical (unpaired) electrons. The molecule has 1 heterocycles. The minimum Gasteiger partial charge on any atom is -0.403 e. The van der Waals surface area contributed by atoms with Crippen molar-refractivity contribution in [1.29, 1.82) is 0 Å². The Labute approximate surface area is 150 Å². The van der Waals surface area contributed by atoms with E-state index < -0.39 is 0 Å². The number of hydrogen-bond acceptors (Lipinski definition) is 4. The summed E-state index contributed by atoms with van der Waals surface area (Å²) < 4.78 is 5.57. The lowest BCUT2D eigenvalue weighted by atomic mass is 10.0. The molecular weight excluding hydrogens is 326 g/mol. The van der Waals surface area contributed by atoms with Gasteiger partial charge in [0.2, 0.25) is 11.8 Å². The summed E-state index contributed by atoms with van der Waals surface area (Å²) in [5.74, 6) is 0.190. The van der Waals surface area contributed by atoms with E-state index in [1.165, 1.54) is 0 Å². The standard InChI is InChI=1S/C21H17N3O2/c1-14-6-4-10-17(12-14)20-23-24-21(26-20)22-19(25)13-16-9-5-8-15-7-2-3-11-18(15)16/h2-12H,13H2,1H3,(H,22,24,25). The van der Waals surface area contributed by atoms with E-state index in [0.29, 0.717) is 5.89 Å². The summed E-state index contributed by atoms with van der Waals surface area (Å²) in [7, 11) is 0. The van der Waals surface area contributed by atoms with E-state index in [1.54, 1.807) is 0 Å². The molecule has 5 nitrogen and oxygen atoms in total. The van der Waals surface area contributed by atoms with Crippen molar-refractivity contribution in [2.75, 3.05) is 5.32 Å². The van der Waals surface area contributed by atoms with Gasteiger partial charge in [-0.1, -0.05) is 65.3 Å². The third-order valence-corrected chi connectivity index (χ3v) is 4.17. The molecule has 0 unspecified atom stereocenters. The second kappa shape index (κ2) is 6.80. The Morgan fingerprint density at radius 2 is 1.81 bits per heavy atom. The van der Waals surface area contributed by atoms with Gasteiger partial charge in [-0.2, -0.15) is 0 Å². The Morgan fingerprint density at radius 3 is 2.69 bits per heavy atom. The van der Waals surface area contributed by atoms with Gasteiger partial charge in [-0.15, -0.1) is 5.10 Å². The molecule has 3 aromatic carbocycles. The number of aryl methyl sites for hydroxylation is 1. The van der Waals surface area contributed by atoms with Crippen molar-refractivity contribution in [3.05, 3.63) is 77.9 Å². The summed E-state index contributed by atoms with van der Waals surface area (Å²) in [5, 5.41) is 12.8. The molecule has 0 aliphatic heterocycles. The van der Waals surface area contributed by atoms with Crippen molar-refractivity contribution < 1.29 is 9.21 Å². The number of aromatic nitrogens is 2. The molecule has 4 aromatic rings. The molecule has 0 saturated heterocycles. The first-order chi connectivity index (χ1) is 12.7. The molecule has 0 aliphatic rings. The molecule has 4 rings (SSSR count). The van der Waals surface area contributed by atoms with Gasteiger partial charge in [-0.05, 0) is 35.4 Å². The number of nitrogens with one attached hydrogen (secondary N) is 1. The van der Waals surface area contributed by atoms with Gasteiger partial charge in [-0.25, -0.2) is 0 Å². The van der Waals surface area contributed by atoms with Gasteiger partial charge in [-0.3, -0.25) is 10.1 Å². The number of rotatable bonds is 4. The zero-order valence-corrected chi connectivity index (χ0v) is 14.3. The number of benzene rings is 3. The summed E-state index contributed by atoms with van der Waals surface area (Å²) >= 11 is 0. The Hall–Kier alpha value is -3.47. The Morgan fingerprint density at radius 1 is 1.00 bits per heavy atom. The summed E-state index contributed by atoms with van der Waals surface area (Å²) in [6.07, 6.45) is 0.240. The summed E-state index contributed by atoms with van der Waals surface area (Å²) in [6.45, 7) is 1.99. The lowest BCUT2D eigenvalue weighted by molar-refractivity contribution is -0.115. The van der Waals surface area contributed by atoms with E-state index in [9.17, 15) is 4.79 Å². The third-order valence-electron chi connectivity index (χ3n) is 4.17. The van der Waals surface area contributed by atoms with Gasteiger partial charge >= 0.3 is 6.01 Å². The fourth-order valence-electron chi connectivity index (χ4n) is 2.95. The van der Waals surface area contributed by atoms with E-state index in [-0.39, 0.29) is 18.3 Å². The van der Waals surface area contributed by atoms with E-state index in [4.69, 9.17) is 4.42 Å². The van der Waals surface area contributed by atoms with Gasteiger partial charge in [0.1, 0.15) is 0 Å². The predicted molar refractivity (Wildman–Crippen MR) is 101 cm³/mol. The van der Waals surface area contributed by atoms with Gasteiger partial charge in [0, 0.05) is 5.56 Å². The SMILES string of the molecule is Cc1cccc(-c2nnc(NC(=O)Cc3cccc4ccccc34)o2)c1. The molecule has 0 aliphatic carbocycles. The van der Waals surface area contributed by atoms with E-state index >= 15 is 0 Å². The lowest BCUT2D eigenvalue weighted by Gasteiger charge is -2.05. The van der Waals surface area contributed by atoms with Crippen LogP contribution in [0.3, 0.4) is 0 Å². The summed E-state index contributed by atoms with van der Waals surface area (Å²) in [4.78, 5) is 12.4. The zero-order valence-electron chi connectivity index (χ0n) is 14.3. The smallest absolute Gasteiger partial charge is 0.322 e. The van der Waals surface area contributed by atoms with Crippen molar-refractivity contribution in [1.82, 2.24) is 10.2 Å². The predicted octanol–water partition coefficient (Wildman–Crippen LogP) is 4.38. The van der Waals surface area contributed by atoms with Crippen LogP contribution in [0, 0.1) is 6.92 Å². The minimum absolute atomic E-state index is 0.103. The van der Waals surface area contributed by atoms with Crippen LogP contribution in [-0.2, 0) is 11.2 Å². The zero-order chi connectivity index (χ0) is 17.9. The highest BCUT2D eigenvalue weighted by Gasteiger charge is 2.13. The molecular formula is C21H17N3O2. The average Bonchev–Trinajstić information content (AvgIpc) is 3.10. The first-order valence-electron chi connectivity index (χ1n) is 8.36. The van der Waals surface area contributed by atoms with Crippen LogP contribution in [-0.4, -0.2) is 16.1 Å². The maximum absolute atomic E-state index is 12.4. The third kappa shape index (κ3) is 3.32. The minimum atomic E-state index is -0.194. The normalized spacial score (nSPS) is 10.8. The molecule has 0 spiro atoms. The van der Waals surface area contributed by atoms with Crippen LogP contribution in [0.5, 0.6) is 0 Å². The molecule has 1 amide bonds. The first-order valence-corrected chi connectivity index (χ1v) is 8.36. The molecule has 128 valence electrons. The maximum Gasteiger partial charge on any atom is 0.322 e. The monoisotopic (exact) mass is 343 g/mol. The van der Waals surface area contributed by atoms with Crippen molar-refractivity contribution in [2.45, 2.75) is 13.3 Å². The Kier molecular flexibility index (Phi) is 4.19. The largest absolute Gasteiger partial charge is 0.403 e. The Balaban J connectivity index is 1.50. The number of amides is 1. The number of hydrogen-bond donors (Lipinski definition) is 1. The average molecular weight is 343 g/mol. The van der Waals surface area contributed by atoms with Crippen LogP contribution < -0.4 is 5.32 Å². The van der Waals surface area contributed by atoms with Crippen LogP contribution in [0.25, 0.3) is 22.2 Å². The first kappa shape index (κ1) is 16.0. The molecule has 1 N–H and O–H groups in total. The second-order valence-electron chi connectivity index (χ2n) is 6.15. The highest BCUT2D eigenvalue weighted by atomic mass is 16.4. The topological polar surface area (TPSA) is 68.0 Å². The van der Waals surface area contributed by atoms with Crippen molar-refractivity contribution in [3.63, 3.8) is 0 Å². The number of nitrogens with zero attached hydrogens (tertiary/aromatic N) is 2. The molecule has 5 heteroatoms. The van der Waals surface area contributed by atoms with E-state index in [0.717, 1.165) is 27.5 Å². The maximum atomic E-state index is 12.4. The highest BCUT2D eigenvalue weighted by Crippen LogP contribution is 2.22. The van der Waals surface area contributed by atoms with E-state index in [2.05, 4.69) is 15.5 Å². The van der Waals surface area contributed by atoms with Crippen molar-refractivity contribution in [3.8, 4) is 11.5 Å². The number of carbonyl (C=O) groups is 1. The molecule has 1 aromatic heterocycles. The lowest BCUT2D eigenvalue weighted by Crippen LogP contribution is -2.14. The molecule has 0 bridgehead atoms.